The molecule has 2 heterocycles. The molecular formula is C17H18ClN3O3. The number of carbonyl (C=O) groups excluding carboxylic acids is 1. The summed E-state index contributed by atoms with van der Waals surface area (Å²) in [6.45, 7) is 1.17. The fourth-order valence-electron chi connectivity index (χ4n) is 2.77. The first-order valence-electron chi connectivity index (χ1n) is 7.73. The lowest BCUT2D eigenvalue weighted by Gasteiger charge is -2.26. The number of nitrogens with zero attached hydrogens (tertiary/aromatic N) is 3. The molecule has 1 aliphatic heterocycles. The summed E-state index contributed by atoms with van der Waals surface area (Å²) >= 11 is 6.15. The van der Waals surface area contributed by atoms with Crippen molar-refractivity contribution < 1.29 is 14.3 Å². The quantitative estimate of drug-likeness (QED) is 0.832. The van der Waals surface area contributed by atoms with E-state index in [9.17, 15) is 4.79 Å². The third-order valence-electron chi connectivity index (χ3n) is 3.94. The summed E-state index contributed by atoms with van der Waals surface area (Å²) in [5.41, 5.74) is 1.06. The Kier molecular flexibility index (Phi) is 5.27. The first kappa shape index (κ1) is 16.7. The highest BCUT2D eigenvalue weighted by atomic mass is 35.5. The van der Waals surface area contributed by atoms with Gasteiger partial charge in [-0.3, -0.25) is 4.79 Å². The molecular weight excluding hydrogens is 330 g/mol. The van der Waals surface area contributed by atoms with Gasteiger partial charge in [0.25, 0.3) is 5.91 Å². The SMILES string of the molecule is COc1c(Cl)cccc1C(=O)N(CC1CCCO1)c1ccnnc1. The van der Waals surface area contributed by atoms with Crippen LogP contribution in [0.5, 0.6) is 5.75 Å². The number of para-hydroxylation sites is 1. The fourth-order valence-corrected chi connectivity index (χ4v) is 3.02. The maximum atomic E-state index is 13.1. The summed E-state index contributed by atoms with van der Waals surface area (Å²) in [5.74, 6) is 0.154. The number of aromatic nitrogens is 2. The van der Waals surface area contributed by atoms with E-state index in [0.29, 0.717) is 28.6 Å². The molecule has 0 N–H and O–H groups in total. The number of hydrogen-bond donors (Lipinski definition) is 0. The molecule has 0 aliphatic carbocycles. The van der Waals surface area contributed by atoms with E-state index in [2.05, 4.69) is 10.2 Å². The molecule has 24 heavy (non-hydrogen) atoms. The molecule has 1 fully saturated rings. The minimum atomic E-state index is -0.210. The number of methoxy groups -OCH3 is 1. The van der Waals surface area contributed by atoms with Crippen LogP contribution in [0.25, 0.3) is 0 Å². The lowest BCUT2D eigenvalue weighted by atomic mass is 10.1. The Morgan fingerprint density at radius 3 is 2.96 bits per heavy atom. The van der Waals surface area contributed by atoms with Crippen LogP contribution in [0.1, 0.15) is 23.2 Å². The predicted molar refractivity (Wildman–Crippen MR) is 90.7 cm³/mol. The van der Waals surface area contributed by atoms with Gasteiger partial charge in [-0.15, -0.1) is 0 Å². The zero-order valence-electron chi connectivity index (χ0n) is 13.3. The topological polar surface area (TPSA) is 64.5 Å². The number of ether oxygens (including phenoxy) is 2. The van der Waals surface area contributed by atoms with Gasteiger partial charge >= 0.3 is 0 Å². The van der Waals surface area contributed by atoms with Gasteiger partial charge in [-0.1, -0.05) is 17.7 Å². The fraction of sp³-hybridized carbons (Fsp3) is 0.353. The molecule has 126 valence electrons. The predicted octanol–water partition coefficient (Wildman–Crippen LogP) is 2.96. The van der Waals surface area contributed by atoms with E-state index in [4.69, 9.17) is 21.1 Å². The molecule has 1 saturated heterocycles. The molecule has 0 radical (unpaired) electrons. The number of hydrogen-bond acceptors (Lipinski definition) is 5. The van der Waals surface area contributed by atoms with Crippen molar-refractivity contribution >= 4 is 23.2 Å². The van der Waals surface area contributed by atoms with Gasteiger partial charge in [0.1, 0.15) is 5.75 Å². The number of halogens is 1. The van der Waals surface area contributed by atoms with Crippen LogP contribution >= 0.6 is 11.6 Å². The molecule has 1 aromatic carbocycles. The van der Waals surface area contributed by atoms with Crippen LogP contribution < -0.4 is 9.64 Å². The van der Waals surface area contributed by atoms with Crippen molar-refractivity contribution in [3.63, 3.8) is 0 Å². The number of amides is 1. The van der Waals surface area contributed by atoms with Gasteiger partial charge in [-0.05, 0) is 31.0 Å². The Morgan fingerprint density at radius 2 is 2.29 bits per heavy atom. The van der Waals surface area contributed by atoms with Gasteiger partial charge in [0.05, 0.1) is 48.4 Å². The van der Waals surface area contributed by atoms with Crippen molar-refractivity contribution in [1.82, 2.24) is 10.2 Å². The average Bonchev–Trinajstić information content (AvgIpc) is 3.13. The van der Waals surface area contributed by atoms with Gasteiger partial charge < -0.3 is 14.4 Å². The van der Waals surface area contributed by atoms with Crippen molar-refractivity contribution in [2.75, 3.05) is 25.2 Å². The lowest BCUT2D eigenvalue weighted by molar-refractivity contribution is 0.0915. The summed E-state index contributed by atoms with van der Waals surface area (Å²) in [6.07, 6.45) is 5.05. The Balaban J connectivity index is 1.95. The molecule has 3 rings (SSSR count). The Morgan fingerprint density at radius 1 is 1.42 bits per heavy atom. The minimum absolute atomic E-state index is 0.00675. The molecule has 1 aromatic heterocycles. The number of anilines is 1. The summed E-state index contributed by atoms with van der Waals surface area (Å²) in [7, 11) is 1.50. The highest BCUT2D eigenvalue weighted by molar-refractivity contribution is 6.32. The largest absolute Gasteiger partial charge is 0.494 e. The molecule has 1 unspecified atom stereocenters. The van der Waals surface area contributed by atoms with Crippen molar-refractivity contribution in [3.8, 4) is 5.75 Å². The van der Waals surface area contributed by atoms with Crippen LogP contribution in [-0.2, 0) is 4.74 Å². The maximum absolute atomic E-state index is 13.1. The zero-order chi connectivity index (χ0) is 16.9. The highest BCUT2D eigenvalue weighted by Crippen LogP contribution is 2.30. The van der Waals surface area contributed by atoms with Gasteiger partial charge in [0.15, 0.2) is 0 Å². The van der Waals surface area contributed by atoms with E-state index in [-0.39, 0.29) is 12.0 Å². The van der Waals surface area contributed by atoms with Crippen LogP contribution in [0.3, 0.4) is 0 Å². The lowest BCUT2D eigenvalue weighted by Crippen LogP contribution is -2.37. The minimum Gasteiger partial charge on any atom is -0.494 e. The van der Waals surface area contributed by atoms with Crippen molar-refractivity contribution in [1.29, 1.82) is 0 Å². The number of carbonyl (C=O) groups is 1. The summed E-state index contributed by atoms with van der Waals surface area (Å²) in [5, 5.41) is 8.05. The van der Waals surface area contributed by atoms with Crippen LogP contribution in [0.15, 0.2) is 36.7 Å². The summed E-state index contributed by atoms with van der Waals surface area (Å²) in [6, 6.07) is 6.86. The summed E-state index contributed by atoms with van der Waals surface area (Å²) in [4.78, 5) is 14.8. The van der Waals surface area contributed by atoms with E-state index in [0.717, 1.165) is 19.4 Å². The second kappa shape index (κ2) is 7.59. The molecule has 2 aromatic rings. The Bertz CT molecular complexity index is 705. The molecule has 1 aliphatic rings. The molecule has 6 nitrogen and oxygen atoms in total. The van der Waals surface area contributed by atoms with E-state index in [1.807, 2.05) is 0 Å². The van der Waals surface area contributed by atoms with Crippen LogP contribution in [0, 0.1) is 0 Å². The van der Waals surface area contributed by atoms with Gasteiger partial charge in [-0.25, -0.2) is 0 Å². The average molecular weight is 348 g/mol. The third kappa shape index (κ3) is 3.49. The Labute approximate surface area is 145 Å². The monoisotopic (exact) mass is 347 g/mol. The van der Waals surface area contributed by atoms with Gasteiger partial charge in [0, 0.05) is 6.61 Å². The third-order valence-corrected chi connectivity index (χ3v) is 4.23. The Hall–Kier alpha value is -2.18. The second-order valence-corrected chi connectivity index (χ2v) is 5.88. The maximum Gasteiger partial charge on any atom is 0.262 e. The van der Waals surface area contributed by atoms with E-state index in [1.165, 1.54) is 7.11 Å². The van der Waals surface area contributed by atoms with E-state index >= 15 is 0 Å². The van der Waals surface area contributed by atoms with Crippen molar-refractivity contribution in [2.24, 2.45) is 0 Å². The van der Waals surface area contributed by atoms with Crippen LogP contribution in [0.2, 0.25) is 5.02 Å². The molecule has 0 bridgehead atoms. The van der Waals surface area contributed by atoms with Crippen molar-refractivity contribution in [2.45, 2.75) is 18.9 Å². The first-order valence-corrected chi connectivity index (χ1v) is 8.11. The molecule has 7 heteroatoms. The van der Waals surface area contributed by atoms with Crippen LogP contribution in [0.4, 0.5) is 5.69 Å². The molecule has 1 atom stereocenters. The molecule has 0 saturated carbocycles. The van der Waals surface area contributed by atoms with E-state index < -0.39 is 0 Å². The first-order chi connectivity index (χ1) is 11.7. The smallest absolute Gasteiger partial charge is 0.262 e. The summed E-state index contributed by atoms with van der Waals surface area (Å²) < 4.78 is 11.0. The van der Waals surface area contributed by atoms with Crippen molar-refractivity contribution in [3.05, 3.63) is 47.2 Å². The van der Waals surface area contributed by atoms with Gasteiger partial charge in [-0.2, -0.15) is 10.2 Å². The number of rotatable bonds is 5. The molecule has 0 spiro atoms. The number of benzene rings is 1. The van der Waals surface area contributed by atoms with Gasteiger partial charge in [0.2, 0.25) is 0 Å². The second-order valence-electron chi connectivity index (χ2n) is 5.47. The molecule has 1 amide bonds. The van der Waals surface area contributed by atoms with E-state index in [1.54, 1.807) is 41.6 Å². The highest BCUT2D eigenvalue weighted by Gasteiger charge is 2.27. The normalized spacial score (nSPS) is 16.8. The standard InChI is InChI=1S/C17H18ClN3O3/c1-23-16-14(5-2-6-15(16)18)17(22)21(11-13-4-3-9-24-13)12-7-8-19-20-10-12/h2,5-8,10,13H,3-4,9,11H2,1H3. The zero-order valence-corrected chi connectivity index (χ0v) is 14.1. The van der Waals surface area contributed by atoms with Crippen LogP contribution in [-0.4, -0.2) is 42.5 Å².